The molecule has 0 aliphatic rings. The van der Waals surface area contributed by atoms with Crippen LogP contribution < -0.4 is 0 Å². The molecule has 0 radical (unpaired) electrons. The minimum absolute atomic E-state index is 1.23. The van der Waals surface area contributed by atoms with Crippen LogP contribution in [0, 0.1) is 0 Å². The van der Waals surface area contributed by atoms with Crippen LogP contribution in [0.25, 0.3) is 65.7 Å². The second kappa shape index (κ2) is 12.0. The lowest BCUT2D eigenvalue weighted by molar-refractivity contribution is 1.24. The van der Waals surface area contributed by atoms with E-state index in [0.29, 0.717) is 0 Å². The van der Waals surface area contributed by atoms with E-state index in [1.54, 1.807) is 11.8 Å². The summed E-state index contributed by atoms with van der Waals surface area (Å²) in [6, 6.07) is 59.9. The summed E-state index contributed by atoms with van der Waals surface area (Å²) in [5.41, 5.74) is 7.41. The zero-order valence-corrected chi connectivity index (χ0v) is 26.5. The molecular weight excluding hydrogens is 581 g/mol. The molecule has 8 aromatic carbocycles. The molecule has 0 unspecified atom stereocenters. The van der Waals surface area contributed by atoms with E-state index in [1.807, 2.05) is 11.8 Å². The van der Waals surface area contributed by atoms with Crippen LogP contribution in [0.1, 0.15) is 0 Å². The number of fused-ring (bicyclic) bond motifs is 6. The summed E-state index contributed by atoms with van der Waals surface area (Å²) in [7, 11) is 0. The predicted octanol–water partition coefficient (Wildman–Crippen LogP) is 13.0. The second-order valence-corrected chi connectivity index (χ2v) is 13.3. The van der Waals surface area contributed by atoms with Gasteiger partial charge in [0.05, 0.1) is 0 Å². The van der Waals surface area contributed by atoms with Crippen molar-refractivity contribution in [1.29, 1.82) is 0 Å². The molecule has 0 aliphatic carbocycles. The van der Waals surface area contributed by atoms with Gasteiger partial charge in [-0.05, 0) is 114 Å². The summed E-state index contributed by atoms with van der Waals surface area (Å²) in [6.07, 6.45) is 2.14. The van der Waals surface area contributed by atoms with Gasteiger partial charge in [-0.3, -0.25) is 0 Å². The summed E-state index contributed by atoms with van der Waals surface area (Å²) in [6.45, 7) is 0. The third-order valence-electron chi connectivity index (χ3n) is 8.60. The minimum Gasteiger partial charge on any atom is -0.128 e. The third kappa shape index (κ3) is 5.31. The number of benzene rings is 8. The molecule has 8 aromatic rings. The molecule has 0 atom stereocenters. The van der Waals surface area contributed by atoms with Gasteiger partial charge in [0.2, 0.25) is 0 Å². The zero-order valence-electron chi connectivity index (χ0n) is 24.9. The van der Waals surface area contributed by atoms with Crippen molar-refractivity contribution < 1.29 is 0 Å². The molecule has 214 valence electrons. The minimum atomic E-state index is 1.23. The molecule has 0 N–H and O–H groups in total. The number of hydrogen-bond acceptors (Lipinski definition) is 2. The van der Waals surface area contributed by atoms with Gasteiger partial charge in [-0.25, -0.2) is 0 Å². The largest absolute Gasteiger partial charge is 0.128 e. The fourth-order valence-corrected chi connectivity index (χ4v) is 8.15. The van der Waals surface area contributed by atoms with Crippen molar-refractivity contribution in [2.45, 2.75) is 14.7 Å². The van der Waals surface area contributed by atoms with E-state index in [-0.39, 0.29) is 0 Å². The first-order valence-corrected chi connectivity index (χ1v) is 17.2. The lowest BCUT2D eigenvalue weighted by Crippen LogP contribution is -1.87. The Balaban J connectivity index is 1.20. The topological polar surface area (TPSA) is 0 Å². The van der Waals surface area contributed by atoms with Crippen molar-refractivity contribution in [3.63, 3.8) is 0 Å². The molecule has 0 amide bonds. The molecule has 0 nitrogen and oxygen atoms in total. The predicted molar refractivity (Wildman–Crippen MR) is 198 cm³/mol. The van der Waals surface area contributed by atoms with E-state index in [0.717, 1.165) is 0 Å². The SMILES string of the molecule is CSc1ccccc1Sc1cccc(-c2cccc(-c3ccc4c5ccc(-c6ccccc6)cc5c5ccccc5c4c3)c2)c1. The quantitative estimate of drug-likeness (QED) is 0.136. The first kappa shape index (κ1) is 27.8. The lowest BCUT2D eigenvalue weighted by atomic mass is 9.90. The monoisotopic (exact) mass is 610 g/mol. The number of thioether (sulfide) groups is 1. The molecule has 0 aliphatic heterocycles. The highest BCUT2D eigenvalue weighted by atomic mass is 32.2. The Labute approximate surface area is 272 Å². The van der Waals surface area contributed by atoms with Gasteiger partial charge in [0.25, 0.3) is 0 Å². The van der Waals surface area contributed by atoms with Gasteiger partial charge in [0.1, 0.15) is 0 Å². The first-order valence-electron chi connectivity index (χ1n) is 15.2. The Morgan fingerprint density at radius 2 is 0.778 bits per heavy atom. The van der Waals surface area contributed by atoms with Crippen molar-refractivity contribution in [2.75, 3.05) is 6.26 Å². The Bertz CT molecular complexity index is 2320. The van der Waals surface area contributed by atoms with Crippen molar-refractivity contribution in [2.24, 2.45) is 0 Å². The molecule has 0 bridgehead atoms. The molecule has 45 heavy (non-hydrogen) atoms. The van der Waals surface area contributed by atoms with Crippen LogP contribution >= 0.6 is 23.5 Å². The molecule has 0 fully saturated rings. The number of hydrogen-bond donors (Lipinski definition) is 0. The highest BCUT2D eigenvalue weighted by Gasteiger charge is 2.12. The van der Waals surface area contributed by atoms with Crippen LogP contribution in [0.5, 0.6) is 0 Å². The van der Waals surface area contributed by atoms with Crippen LogP contribution in [0.4, 0.5) is 0 Å². The molecule has 0 saturated carbocycles. The van der Waals surface area contributed by atoms with Crippen LogP contribution in [-0.2, 0) is 0 Å². The van der Waals surface area contributed by atoms with Crippen molar-refractivity contribution in [1.82, 2.24) is 0 Å². The maximum absolute atomic E-state index is 2.38. The highest BCUT2D eigenvalue weighted by molar-refractivity contribution is 8.02. The normalized spacial score (nSPS) is 11.4. The van der Waals surface area contributed by atoms with Gasteiger partial charge in [0.15, 0.2) is 0 Å². The lowest BCUT2D eigenvalue weighted by Gasteiger charge is -2.14. The average Bonchev–Trinajstić information content (AvgIpc) is 3.12. The van der Waals surface area contributed by atoms with Crippen LogP contribution in [0.2, 0.25) is 0 Å². The molecular formula is C43H30S2. The zero-order chi connectivity index (χ0) is 30.2. The molecule has 8 rings (SSSR count). The van der Waals surface area contributed by atoms with Crippen LogP contribution in [0.3, 0.4) is 0 Å². The maximum Gasteiger partial charge on any atom is 0.0258 e. The molecule has 0 spiro atoms. The maximum atomic E-state index is 2.38. The van der Waals surface area contributed by atoms with E-state index in [4.69, 9.17) is 0 Å². The fraction of sp³-hybridized carbons (Fsp3) is 0.0233. The molecule has 0 saturated heterocycles. The van der Waals surface area contributed by atoms with Gasteiger partial charge in [-0.1, -0.05) is 133 Å². The molecule has 0 aromatic heterocycles. The molecule has 2 heteroatoms. The Kier molecular flexibility index (Phi) is 7.38. The van der Waals surface area contributed by atoms with E-state index >= 15 is 0 Å². The Morgan fingerprint density at radius 3 is 1.42 bits per heavy atom. The summed E-state index contributed by atoms with van der Waals surface area (Å²) in [5, 5.41) is 7.76. The van der Waals surface area contributed by atoms with E-state index in [2.05, 4.69) is 170 Å². The van der Waals surface area contributed by atoms with Crippen molar-refractivity contribution in [3.8, 4) is 33.4 Å². The fourth-order valence-electron chi connectivity index (χ4n) is 6.39. The van der Waals surface area contributed by atoms with Crippen LogP contribution in [-0.4, -0.2) is 6.26 Å². The van der Waals surface area contributed by atoms with Gasteiger partial charge >= 0.3 is 0 Å². The molecule has 0 heterocycles. The Hall–Kier alpha value is -4.76. The second-order valence-electron chi connectivity index (χ2n) is 11.3. The van der Waals surface area contributed by atoms with Crippen LogP contribution in [0.15, 0.2) is 178 Å². The van der Waals surface area contributed by atoms with Gasteiger partial charge in [-0.2, -0.15) is 0 Å². The van der Waals surface area contributed by atoms with E-state index in [9.17, 15) is 0 Å². The van der Waals surface area contributed by atoms with Gasteiger partial charge in [-0.15, -0.1) is 11.8 Å². The highest BCUT2D eigenvalue weighted by Crippen LogP contribution is 2.40. The summed E-state index contributed by atoms with van der Waals surface area (Å²) in [5.74, 6) is 0. The Morgan fingerprint density at radius 1 is 0.311 bits per heavy atom. The van der Waals surface area contributed by atoms with Crippen molar-refractivity contribution in [3.05, 3.63) is 164 Å². The summed E-state index contributed by atoms with van der Waals surface area (Å²) in [4.78, 5) is 3.85. The summed E-state index contributed by atoms with van der Waals surface area (Å²) < 4.78 is 0. The van der Waals surface area contributed by atoms with E-state index < -0.39 is 0 Å². The standard InChI is InChI=1S/C43H30S2/c1-44-42-19-7-8-20-43(42)45-35-16-10-15-32(26-35)30-13-9-14-31(25-30)34-22-24-39-38-23-21-33(29-11-3-2-4-12-29)27-40(38)36-17-5-6-18-37(36)41(39)28-34/h2-28H,1H3. The van der Waals surface area contributed by atoms with Gasteiger partial charge < -0.3 is 0 Å². The average molecular weight is 611 g/mol. The third-order valence-corrected chi connectivity index (χ3v) is 10.6. The first-order chi connectivity index (χ1) is 22.2. The number of rotatable bonds is 6. The van der Waals surface area contributed by atoms with Crippen molar-refractivity contribution >= 4 is 55.8 Å². The smallest absolute Gasteiger partial charge is 0.0258 e. The van der Waals surface area contributed by atoms with E-state index in [1.165, 1.54) is 80.4 Å². The summed E-state index contributed by atoms with van der Waals surface area (Å²) >= 11 is 3.63. The van der Waals surface area contributed by atoms with Gasteiger partial charge in [0, 0.05) is 14.7 Å².